The Morgan fingerprint density at radius 3 is 2.69 bits per heavy atom. The first kappa shape index (κ1) is 20.4. The summed E-state index contributed by atoms with van der Waals surface area (Å²) >= 11 is 0. The van der Waals surface area contributed by atoms with Gasteiger partial charge in [0, 0.05) is 30.0 Å². The normalized spacial score (nSPS) is 14.5. The van der Waals surface area contributed by atoms with Crippen LogP contribution in [-0.4, -0.2) is 41.5 Å². The standard InChI is InChI=1S/C23H21N6O2P/c1-15(18-9-10-20-19(12-18)4-3-11-24-20)29-23-22(27-28-29)25-13-21(26-23)17-7-5-16(6-8-17)14-32(2,30)31/h3-13,15H,14H2,1-2H3,(H,30,31). The Hall–Kier alpha value is -3.48. The second-order valence-electron chi connectivity index (χ2n) is 7.97. The minimum absolute atomic E-state index is 0.0974. The first-order valence-corrected chi connectivity index (χ1v) is 12.5. The fourth-order valence-corrected chi connectivity index (χ4v) is 4.63. The predicted molar refractivity (Wildman–Crippen MR) is 124 cm³/mol. The fraction of sp³-hybridized carbons (Fsp3) is 0.174. The lowest BCUT2D eigenvalue weighted by Crippen LogP contribution is -2.09. The molecular formula is C23H21N6O2P. The van der Waals surface area contributed by atoms with Gasteiger partial charge in [-0.1, -0.05) is 41.6 Å². The van der Waals surface area contributed by atoms with E-state index in [0.717, 1.165) is 27.6 Å². The highest BCUT2D eigenvalue weighted by atomic mass is 31.2. The van der Waals surface area contributed by atoms with Crippen molar-refractivity contribution in [1.29, 1.82) is 0 Å². The van der Waals surface area contributed by atoms with Crippen molar-refractivity contribution in [3.8, 4) is 11.3 Å². The average molecular weight is 444 g/mol. The highest BCUT2D eigenvalue weighted by Gasteiger charge is 2.17. The molecule has 0 saturated carbocycles. The smallest absolute Gasteiger partial charge is 0.221 e. The molecule has 32 heavy (non-hydrogen) atoms. The van der Waals surface area contributed by atoms with E-state index < -0.39 is 7.37 Å². The van der Waals surface area contributed by atoms with Crippen molar-refractivity contribution in [2.75, 3.05) is 6.66 Å². The van der Waals surface area contributed by atoms with Crippen LogP contribution >= 0.6 is 7.37 Å². The van der Waals surface area contributed by atoms with Gasteiger partial charge in [-0.25, -0.2) is 14.6 Å². The van der Waals surface area contributed by atoms with E-state index in [1.807, 2.05) is 55.5 Å². The summed E-state index contributed by atoms with van der Waals surface area (Å²) in [5, 5.41) is 9.56. The molecule has 0 amide bonds. The number of nitrogens with zero attached hydrogens (tertiary/aromatic N) is 6. The molecule has 2 aromatic carbocycles. The van der Waals surface area contributed by atoms with Gasteiger partial charge in [-0.05, 0) is 36.2 Å². The summed E-state index contributed by atoms with van der Waals surface area (Å²) in [5.74, 6) is 0. The number of aromatic nitrogens is 6. The first-order valence-electron chi connectivity index (χ1n) is 10.2. The highest BCUT2D eigenvalue weighted by molar-refractivity contribution is 7.56. The minimum atomic E-state index is -3.11. The van der Waals surface area contributed by atoms with Gasteiger partial charge in [-0.2, -0.15) is 0 Å². The number of hydrogen-bond donors (Lipinski definition) is 1. The summed E-state index contributed by atoms with van der Waals surface area (Å²) in [5.41, 5.74) is 5.45. The molecule has 1 N–H and O–H groups in total. The molecule has 0 radical (unpaired) electrons. The number of pyridine rings is 1. The molecule has 2 unspecified atom stereocenters. The van der Waals surface area contributed by atoms with Crippen molar-refractivity contribution >= 4 is 29.6 Å². The van der Waals surface area contributed by atoms with Crippen LogP contribution in [0.3, 0.4) is 0 Å². The average Bonchev–Trinajstić information content (AvgIpc) is 3.21. The summed E-state index contributed by atoms with van der Waals surface area (Å²) in [4.78, 5) is 23.2. The van der Waals surface area contributed by atoms with Gasteiger partial charge in [0.05, 0.1) is 23.4 Å². The maximum Gasteiger partial charge on any atom is 0.221 e. The van der Waals surface area contributed by atoms with Gasteiger partial charge in [0.1, 0.15) is 0 Å². The van der Waals surface area contributed by atoms with E-state index in [2.05, 4.69) is 26.3 Å². The van der Waals surface area contributed by atoms with Crippen molar-refractivity contribution in [3.05, 3.63) is 78.1 Å². The molecule has 3 heterocycles. The number of hydrogen-bond acceptors (Lipinski definition) is 6. The maximum atomic E-state index is 11.7. The van der Waals surface area contributed by atoms with E-state index in [0.29, 0.717) is 17.0 Å². The largest absolute Gasteiger partial charge is 0.344 e. The monoisotopic (exact) mass is 444 g/mol. The van der Waals surface area contributed by atoms with Crippen LogP contribution in [-0.2, 0) is 10.7 Å². The SMILES string of the molecule is CC(c1ccc2ncccc2c1)n1nnc2ncc(-c3ccc(CP(C)(=O)O)cc3)nc21. The van der Waals surface area contributed by atoms with Crippen molar-refractivity contribution in [2.45, 2.75) is 19.1 Å². The molecule has 0 aliphatic rings. The third-order valence-corrected chi connectivity index (χ3v) is 6.34. The zero-order valence-corrected chi connectivity index (χ0v) is 18.5. The Morgan fingerprint density at radius 2 is 1.91 bits per heavy atom. The van der Waals surface area contributed by atoms with Crippen molar-refractivity contribution in [3.63, 3.8) is 0 Å². The highest BCUT2D eigenvalue weighted by Crippen LogP contribution is 2.39. The van der Waals surface area contributed by atoms with Gasteiger partial charge in [0.25, 0.3) is 0 Å². The summed E-state index contributed by atoms with van der Waals surface area (Å²) in [6.45, 7) is 3.41. The van der Waals surface area contributed by atoms with Crippen LogP contribution in [0, 0.1) is 0 Å². The van der Waals surface area contributed by atoms with E-state index in [4.69, 9.17) is 4.98 Å². The molecule has 0 saturated heterocycles. The molecule has 0 spiro atoms. The van der Waals surface area contributed by atoms with Crippen molar-refractivity contribution < 1.29 is 9.46 Å². The molecule has 160 valence electrons. The van der Waals surface area contributed by atoms with E-state index in [9.17, 15) is 9.46 Å². The molecule has 5 rings (SSSR count). The Labute approximate surface area is 184 Å². The third kappa shape index (κ3) is 4.02. The number of benzene rings is 2. The Balaban J connectivity index is 1.50. The lowest BCUT2D eigenvalue weighted by molar-refractivity contribution is 0.484. The minimum Gasteiger partial charge on any atom is -0.344 e. The summed E-state index contributed by atoms with van der Waals surface area (Å²) < 4.78 is 13.4. The predicted octanol–water partition coefficient (Wildman–Crippen LogP) is 4.45. The van der Waals surface area contributed by atoms with Gasteiger partial charge in [0.15, 0.2) is 5.65 Å². The van der Waals surface area contributed by atoms with Gasteiger partial charge in [-0.15, -0.1) is 5.10 Å². The van der Waals surface area contributed by atoms with Gasteiger partial charge in [0.2, 0.25) is 13.0 Å². The summed E-state index contributed by atoms with van der Waals surface area (Å²) in [6, 6.07) is 17.5. The lowest BCUT2D eigenvalue weighted by atomic mass is 10.1. The first-order chi connectivity index (χ1) is 15.4. The van der Waals surface area contributed by atoms with Crippen LogP contribution in [0.25, 0.3) is 33.5 Å². The van der Waals surface area contributed by atoms with Crippen LogP contribution in [0.2, 0.25) is 0 Å². The molecular weight excluding hydrogens is 423 g/mol. The Kier molecular flexibility index (Phi) is 5.04. The summed E-state index contributed by atoms with van der Waals surface area (Å²) in [6.07, 6.45) is 3.59. The molecule has 0 fully saturated rings. The lowest BCUT2D eigenvalue weighted by Gasteiger charge is -2.13. The maximum absolute atomic E-state index is 11.7. The van der Waals surface area contributed by atoms with E-state index in [-0.39, 0.29) is 12.2 Å². The molecule has 3 aromatic heterocycles. The topological polar surface area (TPSA) is 107 Å². The number of fused-ring (bicyclic) bond motifs is 2. The Morgan fingerprint density at radius 1 is 1.09 bits per heavy atom. The van der Waals surface area contributed by atoms with Crippen LogP contribution in [0.4, 0.5) is 0 Å². The van der Waals surface area contributed by atoms with Gasteiger partial charge >= 0.3 is 0 Å². The van der Waals surface area contributed by atoms with Crippen molar-refractivity contribution in [1.82, 2.24) is 29.9 Å². The van der Waals surface area contributed by atoms with E-state index in [1.54, 1.807) is 17.1 Å². The summed E-state index contributed by atoms with van der Waals surface area (Å²) in [7, 11) is -3.11. The molecule has 8 nitrogen and oxygen atoms in total. The van der Waals surface area contributed by atoms with Gasteiger partial charge in [-0.3, -0.25) is 9.55 Å². The van der Waals surface area contributed by atoms with E-state index in [1.165, 1.54) is 6.66 Å². The van der Waals surface area contributed by atoms with Crippen LogP contribution in [0.1, 0.15) is 24.1 Å². The fourth-order valence-electron chi connectivity index (χ4n) is 3.74. The Bertz CT molecular complexity index is 1480. The zero-order valence-electron chi connectivity index (χ0n) is 17.6. The quantitative estimate of drug-likeness (QED) is 0.399. The van der Waals surface area contributed by atoms with Crippen LogP contribution < -0.4 is 0 Å². The zero-order chi connectivity index (χ0) is 22.3. The second kappa shape index (κ2) is 7.89. The molecule has 0 aliphatic carbocycles. The number of rotatable bonds is 5. The van der Waals surface area contributed by atoms with E-state index >= 15 is 0 Å². The molecule has 0 bridgehead atoms. The molecule has 9 heteroatoms. The van der Waals surface area contributed by atoms with Crippen molar-refractivity contribution in [2.24, 2.45) is 0 Å². The molecule has 0 aliphatic heterocycles. The molecule has 2 atom stereocenters. The van der Waals surface area contributed by atoms with Gasteiger partial charge < -0.3 is 4.89 Å². The van der Waals surface area contributed by atoms with Crippen LogP contribution in [0.5, 0.6) is 0 Å². The second-order valence-corrected chi connectivity index (χ2v) is 10.4. The third-order valence-electron chi connectivity index (χ3n) is 5.39. The van der Waals surface area contributed by atoms with Crippen LogP contribution in [0.15, 0.2) is 67.0 Å². The molecule has 5 aromatic rings.